The van der Waals surface area contributed by atoms with Gasteiger partial charge in [0.05, 0.1) is 6.42 Å². The molecule has 0 saturated carbocycles. The largest absolute Gasteiger partial charge is 0.347 e. The van der Waals surface area contributed by atoms with Crippen LogP contribution in [0, 0.1) is 5.82 Å². The first-order valence-electron chi connectivity index (χ1n) is 9.90. The Balaban J connectivity index is 1.46. The lowest BCUT2D eigenvalue weighted by Gasteiger charge is -2.27. The van der Waals surface area contributed by atoms with Gasteiger partial charge in [0.15, 0.2) is 5.69 Å². The Hall–Kier alpha value is -3.48. The minimum atomic E-state index is -0.324. The van der Waals surface area contributed by atoms with Crippen molar-refractivity contribution < 1.29 is 14.0 Å². The quantitative estimate of drug-likeness (QED) is 0.708. The first-order valence-corrected chi connectivity index (χ1v) is 9.90. The molecule has 0 fully saturated rings. The van der Waals surface area contributed by atoms with Gasteiger partial charge in [0.25, 0.3) is 5.91 Å². The van der Waals surface area contributed by atoms with E-state index in [4.69, 9.17) is 0 Å². The van der Waals surface area contributed by atoms with Crippen molar-refractivity contribution in [2.75, 3.05) is 6.54 Å². The van der Waals surface area contributed by atoms with Crippen molar-refractivity contribution >= 4 is 11.8 Å². The molecule has 1 aromatic heterocycles. The van der Waals surface area contributed by atoms with Crippen LogP contribution in [-0.2, 0) is 37.8 Å². The molecule has 2 aromatic carbocycles. The molecule has 1 aliphatic heterocycles. The number of hydrogen-bond acceptors (Lipinski definition) is 3. The van der Waals surface area contributed by atoms with Crippen LogP contribution in [0.2, 0.25) is 0 Å². The zero-order valence-electron chi connectivity index (χ0n) is 16.8. The average molecular weight is 406 g/mol. The van der Waals surface area contributed by atoms with Crippen LogP contribution < -0.4 is 5.32 Å². The number of fused-ring (bicyclic) bond motifs is 1. The Bertz CT molecular complexity index is 1060. The summed E-state index contributed by atoms with van der Waals surface area (Å²) in [5.41, 5.74) is 3.90. The Morgan fingerprint density at radius 1 is 1.07 bits per heavy atom. The number of halogens is 1. The molecule has 0 saturated heterocycles. The summed E-state index contributed by atoms with van der Waals surface area (Å²) in [6.45, 7) is 1.33. The summed E-state index contributed by atoms with van der Waals surface area (Å²) in [7, 11) is 1.82. The number of hydrogen-bond donors (Lipinski definition) is 1. The number of nitrogens with one attached hydrogen (secondary N) is 1. The van der Waals surface area contributed by atoms with Crippen LogP contribution in [0.25, 0.3) is 0 Å². The van der Waals surface area contributed by atoms with Gasteiger partial charge in [-0.1, -0.05) is 42.5 Å². The summed E-state index contributed by atoms with van der Waals surface area (Å²) in [4.78, 5) is 27.3. The van der Waals surface area contributed by atoms with Crippen LogP contribution in [0.3, 0.4) is 0 Å². The summed E-state index contributed by atoms with van der Waals surface area (Å²) < 4.78 is 14.8. The maximum Gasteiger partial charge on any atom is 0.272 e. The molecule has 6 nitrogen and oxygen atoms in total. The van der Waals surface area contributed by atoms with Gasteiger partial charge < -0.3 is 10.2 Å². The van der Waals surface area contributed by atoms with Crippen LogP contribution in [-0.4, -0.2) is 33.0 Å². The molecule has 7 heteroatoms. The molecular weight excluding hydrogens is 383 g/mol. The number of aromatic nitrogens is 2. The maximum absolute atomic E-state index is 13.1. The van der Waals surface area contributed by atoms with Crippen LogP contribution in [0.5, 0.6) is 0 Å². The Morgan fingerprint density at radius 3 is 2.53 bits per heavy atom. The topological polar surface area (TPSA) is 67.2 Å². The first kappa shape index (κ1) is 19.8. The molecule has 30 heavy (non-hydrogen) atoms. The highest BCUT2D eigenvalue weighted by atomic mass is 19.1. The van der Waals surface area contributed by atoms with Crippen LogP contribution in [0.1, 0.15) is 32.9 Å². The first-order chi connectivity index (χ1) is 14.5. The SMILES string of the molecule is Cn1nc(C(=O)NCc2ccccc2)c2c1CCN(C(=O)Cc1ccc(F)cc1)C2. The molecule has 1 aliphatic rings. The normalized spacial score (nSPS) is 13.1. The van der Waals surface area contributed by atoms with Crippen LogP contribution >= 0.6 is 0 Å². The molecule has 3 aromatic rings. The lowest BCUT2D eigenvalue weighted by atomic mass is 10.0. The highest BCUT2D eigenvalue weighted by molar-refractivity contribution is 5.94. The fourth-order valence-corrected chi connectivity index (χ4v) is 3.74. The van der Waals surface area contributed by atoms with Crippen molar-refractivity contribution in [1.82, 2.24) is 20.0 Å². The highest BCUT2D eigenvalue weighted by Crippen LogP contribution is 2.23. The van der Waals surface area contributed by atoms with E-state index in [1.807, 2.05) is 37.4 Å². The molecular formula is C23H23FN4O2. The number of amides is 2. The molecule has 0 spiro atoms. The van der Waals surface area contributed by atoms with Gasteiger partial charge in [0.1, 0.15) is 5.82 Å². The predicted molar refractivity (Wildman–Crippen MR) is 110 cm³/mol. The highest BCUT2D eigenvalue weighted by Gasteiger charge is 2.29. The lowest BCUT2D eigenvalue weighted by molar-refractivity contribution is -0.131. The van der Waals surface area contributed by atoms with E-state index in [0.717, 1.165) is 22.4 Å². The Morgan fingerprint density at radius 2 is 1.80 bits per heavy atom. The van der Waals surface area contributed by atoms with E-state index in [9.17, 15) is 14.0 Å². The standard InChI is InChI=1S/C23H23FN4O2/c1-27-20-11-12-28(21(29)13-16-7-9-18(24)10-8-16)15-19(20)22(26-27)23(30)25-14-17-5-3-2-4-6-17/h2-10H,11-15H2,1H3,(H,25,30). The fourth-order valence-electron chi connectivity index (χ4n) is 3.74. The van der Waals surface area contributed by atoms with Crippen LogP contribution in [0.4, 0.5) is 4.39 Å². The van der Waals surface area contributed by atoms with Gasteiger partial charge in [0.2, 0.25) is 5.91 Å². The summed E-state index contributed by atoms with van der Waals surface area (Å²) in [5, 5.41) is 7.33. The number of carbonyl (C=O) groups is 2. The van der Waals surface area contributed by atoms with Crippen molar-refractivity contribution in [2.24, 2.45) is 7.05 Å². The maximum atomic E-state index is 13.1. The molecule has 0 aliphatic carbocycles. The summed E-state index contributed by atoms with van der Waals surface area (Å²) in [6.07, 6.45) is 0.839. The van der Waals surface area contributed by atoms with Crippen LogP contribution in [0.15, 0.2) is 54.6 Å². The van der Waals surface area contributed by atoms with E-state index >= 15 is 0 Å². The monoisotopic (exact) mass is 406 g/mol. The molecule has 0 bridgehead atoms. The molecule has 4 rings (SSSR count). The smallest absolute Gasteiger partial charge is 0.272 e. The van der Waals surface area contributed by atoms with Crippen molar-refractivity contribution in [3.05, 3.63) is 88.5 Å². The number of aryl methyl sites for hydroxylation is 1. The second-order valence-corrected chi connectivity index (χ2v) is 7.43. The van der Waals surface area contributed by atoms with Crippen molar-refractivity contribution in [2.45, 2.75) is 25.9 Å². The molecule has 0 radical (unpaired) electrons. The second-order valence-electron chi connectivity index (χ2n) is 7.43. The van der Waals surface area contributed by atoms with Crippen molar-refractivity contribution in [1.29, 1.82) is 0 Å². The number of nitrogens with zero attached hydrogens (tertiary/aromatic N) is 3. The molecule has 0 unspecified atom stereocenters. The van der Waals surface area contributed by atoms with E-state index in [2.05, 4.69) is 10.4 Å². The average Bonchev–Trinajstić information content (AvgIpc) is 3.10. The minimum absolute atomic E-state index is 0.0493. The molecule has 2 heterocycles. The van der Waals surface area contributed by atoms with E-state index in [1.54, 1.807) is 21.7 Å². The third kappa shape index (κ3) is 4.25. The number of carbonyl (C=O) groups excluding carboxylic acids is 2. The minimum Gasteiger partial charge on any atom is -0.347 e. The molecule has 1 N–H and O–H groups in total. The third-order valence-electron chi connectivity index (χ3n) is 5.37. The van der Waals surface area contributed by atoms with Gasteiger partial charge >= 0.3 is 0 Å². The van der Waals surface area contributed by atoms with Gasteiger partial charge in [-0.2, -0.15) is 5.10 Å². The predicted octanol–water partition coefficient (Wildman–Crippen LogP) is 2.62. The number of rotatable bonds is 5. The summed E-state index contributed by atoms with van der Waals surface area (Å²) in [6, 6.07) is 15.6. The summed E-state index contributed by atoms with van der Waals surface area (Å²) >= 11 is 0. The van der Waals surface area contributed by atoms with Gasteiger partial charge in [-0.05, 0) is 23.3 Å². The van der Waals surface area contributed by atoms with E-state index in [1.165, 1.54) is 12.1 Å². The van der Waals surface area contributed by atoms with E-state index < -0.39 is 0 Å². The van der Waals surface area contributed by atoms with Gasteiger partial charge in [-0.25, -0.2) is 4.39 Å². The number of benzene rings is 2. The van der Waals surface area contributed by atoms with E-state index in [0.29, 0.717) is 31.7 Å². The van der Waals surface area contributed by atoms with Gasteiger partial charge in [-0.15, -0.1) is 0 Å². The Labute approximate surface area is 174 Å². The fraction of sp³-hybridized carbons (Fsp3) is 0.261. The lowest BCUT2D eigenvalue weighted by Crippen LogP contribution is -2.38. The summed E-state index contributed by atoms with van der Waals surface area (Å²) in [5.74, 6) is -0.620. The van der Waals surface area contributed by atoms with Gasteiger partial charge in [-0.3, -0.25) is 14.3 Å². The third-order valence-corrected chi connectivity index (χ3v) is 5.37. The molecule has 0 atom stereocenters. The zero-order chi connectivity index (χ0) is 21.1. The van der Waals surface area contributed by atoms with Crippen molar-refractivity contribution in [3.8, 4) is 0 Å². The van der Waals surface area contributed by atoms with Gasteiger partial charge in [0, 0.05) is 44.4 Å². The zero-order valence-corrected chi connectivity index (χ0v) is 16.8. The molecule has 154 valence electrons. The Kier molecular flexibility index (Phi) is 5.61. The molecule has 2 amide bonds. The second kappa shape index (κ2) is 8.49. The van der Waals surface area contributed by atoms with Crippen molar-refractivity contribution in [3.63, 3.8) is 0 Å². The van der Waals surface area contributed by atoms with E-state index in [-0.39, 0.29) is 24.1 Å².